The molecule has 1 aliphatic carbocycles. The van der Waals surface area contributed by atoms with Crippen molar-refractivity contribution in [2.45, 2.75) is 25.7 Å². The Hall–Kier alpha value is -2.17. The van der Waals surface area contributed by atoms with Gasteiger partial charge in [0.1, 0.15) is 5.82 Å². The van der Waals surface area contributed by atoms with Gasteiger partial charge in [-0.1, -0.05) is 0 Å². The molecule has 19 heavy (non-hydrogen) atoms. The van der Waals surface area contributed by atoms with E-state index < -0.39 is 5.97 Å². The zero-order valence-corrected chi connectivity index (χ0v) is 10.3. The van der Waals surface area contributed by atoms with E-state index in [1.807, 2.05) is 0 Å². The maximum atomic E-state index is 13.2. The van der Waals surface area contributed by atoms with E-state index in [0.29, 0.717) is 16.8 Å². The molecule has 0 saturated heterocycles. The molecule has 0 unspecified atom stereocenters. The first-order valence-electron chi connectivity index (χ1n) is 6.07. The summed E-state index contributed by atoms with van der Waals surface area (Å²) in [7, 11) is 0. The molecule has 0 aliphatic heterocycles. The van der Waals surface area contributed by atoms with Crippen molar-refractivity contribution in [3.05, 3.63) is 41.0 Å². The van der Waals surface area contributed by atoms with Crippen LogP contribution >= 0.6 is 0 Å². The number of halogens is 1. The first-order valence-corrected chi connectivity index (χ1v) is 6.07. The number of oxazole rings is 1. The third-order valence-electron chi connectivity index (χ3n) is 3.22. The molecule has 5 heteroatoms. The monoisotopic (exact) mass is 261 g/mol. The highest BCUT2D eigenvalue weighted by Crippen LogP contribution is 2.42. The molecule has 1 N–H and O–H groups in total. The van der Waals surface area contributed by atoms with Gasteiger partial charge in [0.2, 0.25) is 11.7 Å². The fourth-order valence-corrected chi connectivity index (χ4v) is 2.02. The van der Waals surface area contributed by atoms with Crippen molar-refractivity contribution in [1.29, 1.82) is 0 Å². The second kappa shape index (κ2) is 4.19. The molecule has 0 atom stereocenters. The number of hydrogen-bond donors (Lipinski definition) is 1. The predicted octanol–water partition coefficient (Wildman–Crippen LogP) is 3.36. The molecule has 0 amide bonds. The van der Waals surface area contributed by atoms with Crippen molar-refractivity contribution in [3.8, 4) is 11.5 Å². The largest absolute Gasteiger partial charge is 0.475 e. The SMILES string of the molecule is Cc1cc(-c2nc(C3CC3)c(C(=O)O)o2)ccc1F. The van der Waals surface area contributed by atoms with Gasteiger partial charge in [-0.3, -0.25) is 0 Å². The van der Waals surface area contributed by atoms with Crippen LogP contribution in [0.3, 0.4) is 0 Å². The fraction of sp³-hybridized carbons (Fsp3) is 0.286. The molecule has 0 radical (unpaired) electrons. The maximum Gasteiger partial charge on any atom is 0.373 e. The van der Waals surface area contributed by atoms with Crippen LogP contribution in [0.2, 0.25) is 0 Å². The molecule has 0 bridgehead atoms. The van der Waals surface area contributed by atoms with Gasteiger partial charge in [0.15, 0.2) is 0 Å². The average Bonchev–Trinajstić information content (AvgIpc) is 3.11. The van der Waals surface area contributed by atoms with E-state index in [2.05, 4.69) is 4.98 Å². The summed E-state index contributed by atoms with van der Waals surface area (Å²) in [5.41, 5.74) is 1.57. The maximum absolute atomic E-state index is 13.2. The summed E-state index contributed by atoms with van der Waals surface area (Å²) >= 11 is 0. The van der Waals surface area contributed by atoms with Crippen molar-refractivity contribution in [1.82, 2.24) is 4.98 Å². The Kier molecular flexibility index (Phi) is 2.62. The number of carbonyl (C=O) groups is 1. The van der Waals surface area contributed by atoms with Crippen LogP contribution in [0, 0.1) is 12.7 Å². The molecule has 1 fully saturated rings. The molecule has 3 rings (SSSR count). The number of nitrogens with zero attached hydrogens (tertiary/aromatic N) is 1. The van der Waals surface area contributed by atoms with E-state index in [4.69, 9.17) is 9.52 Å². The second-order valence-corrected chi connectivity index (χ2v) is 4.78. The number of carboxylic acid groups (broad SMARTS) is 1. The minimum Gasteiger partial charge on any atom is -0.475 e. The highest BCUT2D eigenvalue weighted by Gasteiger charge is 2.33. The molecule has 0 spiro atoms. The Morgan fingerprint density at radius 2 is 2.21 bits per heavy atom. The minimum absolute atomic E-state index is 0.0977. The zero-order valence-electron chi connectivity index (χ0n) is 10.3. The van der Waals surface area contributed by atoms with Gasteiger partial charge >= 0.3 is 5.97 Å². The first-order chi connectivity index (χ1) is 9.06. The summed E-state index contributed by atoms with van der Waals surface area (Å²) in [6.45, 7) is 1.64. The van der Waals surface area contributed by atoms with Crippen molar-refractivity contribution in [2.75, 3.05) is 0 Å². The molecule has 98 valence electrons. The van der Waals surface area contributed by atoms with Crippen LogP contribution in [-0.4, -0.2) is 16.1 Å². The van der Waals surface area contributed by atoms with E-state index >= 15 is 0 Å². The van der Waals surface area contributed by atoms with Gasteiger partial charge in [0.25, 0.3) is 0 Å². The summed E-state index contributed by atoms with van der Waals surface area (Å²) in [4.78, 5) is 15.4. The number of aromatic nitrogens is 1. The Morgan fingerprint density at radius 1 is 1.47 bits per heavy atom. The molecule has 1 aliphatic rings. The number of benzene rings is 1. The fourth-order valence-electron chi connectivity index (χ4n) is 2.02. The Bertz CT molecular complexity index is 659. The van der Waals surface area contributed by atoms with Crippen molar-refractivity contribution >= 4 is 5.97 Å². The summed E-state index contributed by atoms with van der Waals surface area (Å²) in [5.74, 6) is -1.09. The number of hydrogen-bond acceptors (Lipinski definition) is 3. The van der Waals surface area contributed by atoms with E-state index in [1.165, 1.54) is 12.1 Å². The number of aryl methyl sites for hydroxylation is 1. The summed E-state index contributed by atoms with van der Waals surface area (Å²) < 4.78 is 18.5. The lowest BCUT2D eigenvalue weighted by atomic mass is 10.1. The van der Waals surface area contributed by atoms with Crippen LogP contribution in [0.15, 0.2) is 22.6 Å². The summed E-state index contributed by atoms with van der Waals surface area (Å²) in [6, 6.07) is 4.46. The molecular weight excluding hydrogens is 249 g/mol. The molecule has 1 aromatic carbocycles. The highest BCUT2D eigenvalue weighted by molar-refractivity contribution is 5.86. The van der Waals surface area contributed by atoms with Gasteiger partial charge < -0.3 is 9.52 Å². The van der Waals surface area contributed by atoms with Crippen molar-refractivity contribution < 1.29 is 18.7 Å². The van der Waals surface area contributed by atoms with Crippen LogP contribution in [0.4, 0.5) is 4.39 Å². The lowest BCUT2D eigenvalue weighted by molar-refractivity contribution is 0.0661. The lowest BCUT2D eigenvalue weighted by Gasteiger charge is -1.98. The smallest absolute Gasteiger partial charge is 0.373 e. The molecule has 1 saturated carbocycles. The van der Waals surface area contributed by atoms with Gasteiger partial charge in [0.05, 0.1) is 5.69 Å². The summed E-state index contributed by atoms with van der Waals surface area (Å²) in [6.07, 6.45) is 1.88. The summed E-state index contributed by atoms with van der Waals surface area (Å²) in [5, 5.41) is 9.11. The van der Waals surface area contributed by atoms with Crippen molar-refractivity contribution in [3.63, 3.8) is 0 Å². The molecular formula is C14H12FNO3. The number of carboxylic acids is 1. The Labute approximate surface area is 108 Å². The van der Waals surface area contributed by atoms with Crippen molar-refractivity contribution in [2.24, 2.45) is 0 Å². The Morgan fingerprint density at radius 3 is 2.79 bits per heavy atom. The van der Waals surface area contributed by atoms with Gasteiger partial charge in [-0.15, -0.1) is 0 Å². The highest BCUT2D eigenvalue weighted by atomic mass is 19.1. The van der Waals surface area contributed by atoms with Gasteiger partial charge in [0, 0.05) is 11.5 Å². The average molecular weight is 261 g/mol. The first kappa shape index (κ1) is 11.9. The third kappa shape index (κ3) is 2.12. The third-order valence-corrected chi connectivity index (χ3v) is 3.22. The zero-order chi connectivity index (χ0) is 13.6. The van der Waals surface area contributed by atoms with Gasteiger partial charge in [-0.25, -0.2) is 14.2 Å². The van der Waals surface area contributed by atoms with E-state index in [0.717, 1.165) is 12.8 Å². The quantitative estimate of drug-likeness (QED) is 0.920. The molecule has 4 nitrogen and oxygen atoms in total. The van der Waals surface area contributed by atoms with Gasteiger partial charge in [-0.2, -0.15) is 0 Å². The van der Waals surface area contributed by atoms with Crippen LogP contribution in [0.5, 0.6) is 0 Å². The number of rotatable bonds is 3. The molecule has 1 aromatic heterocycles. The van der Waals surface area contributed by atoms with E-state index in [9.17, 15) is 9.18 Å². The minimum atomic E-state index is -1.11. The van der Waals surface area contributed by atoms with E-state index in [-0.39, 0.29) is 23.4 Å². The normalized spacial score (nSPS) is 14.6. The Balaban J connectivity index is 2.07. The van der Waals surface area contributed by atoms with Gasteiger partial charge in [-0.05, 0) is 43.5 Å². The standard InChI is InChI=1S/C14H12FNO3/c1-7-6-9(4-5-10(7)15)13-16-11(8-2-3-8)12(19-13)14(17)18/h4-6,8H,2-3H2,1H3,(H,17,18). The number of aromatic carboxylic acids is 1. The topological polar surface area (TPSA) is 63.3 Å². The lowest BCUT2D eigenvalue weighted by Crippen LogP contribution is -1.98. The molecule has 1 heterocycles. The second-order valence-electron chi connectivity index (χ2n) is 4.78. The van der Waals surface area contributed by atoms with E-state index in [1.54, 1.807) is 13.0 Å². The van der Waals surface area contributed by atoms with Crippen LogP contribution in [-0.2, 0) is 0 Å². The predicted molar refractivity (Wildman–Crippen MR) is 65.6 cm³/mol. The van der Waals surface area contributed by atoms with Crippen LogP contribution < -0.4 is 0 Å². The molecule has 2 aromatic rings. The van der Waals surface area contributed by atoms with Crippen LogP contribution in [0.25, 0.3) is 11.5 Å². The van der Waals surface area contributed by atoms with Crippen LogP contribution in [0.1, 0.15) is 40.6 Å².